The molecule has 5 heteroatoms. The minimum Gasteiger partial charge on any atom is -0.491 e. The minimum atomic E-state index is -0.388. The van der Waals surface area contributed by atoms with E-state index in [1.165, 1.54) is 6.07 Å². The van der Waals surface area contributed by atoms with Gasteiger partial charge in [-0.3, -0.25) is 4.79 Å². The fourth-order valence-electron chi connectivity index (χ4n) is 1.52. The maximum Gasteiger partial charge on any atom is 0.219 e. The van der Waals surface area contributed by atoms with E-state index in [0.29, 0.717) is 32.4 Å². The molecule has 0 aliphatic carbocycles. The molecule has 0 heterocycles. The minimum absolute atomic E-state index is 0.0441. The highest BCUT2D eigenvalue weighted by Crippen LogP contribution is 2.18. The molecule has 18 heavy (non-hydrogen) atoms. The van der Waals surface area contributed by atoms with Crippen LogP contribution in [-0.2, 0) is 11.2 Å². The number of halogens is 1. The Balaban J connectivity index is 2.40. The number of hydrogen-bond donors (Lipinski definition) is 2. The molecule has 0 saturated heterocycles. The summed E-state index contributed by atoms with van der Waals surface area (Å²) in [7, 11) is 1.58. The lowest BCUT2D eigenvalue weighted by Gasteiger charge is -2.08. The van der Waals surface area contributed by atoms with E-state index in [1.807, 2.05) is 0 Å². The van der Waals surface area contributed by atoms with Crippen molar-refractivity contribution in [2.45, 2.75) is 19.3 Å². The molecule has 0 atom stereocenters. The Morgan fingerprint density at radius 1 is 1.50 bits per heavy atom. The fourth-order valence-corrected chi connectivity index (χ4v) is 1.52. The number of carbonyl (C=O) groups excluding carboxylic acids is 1. The van der Waals surface area contributed by atoms with Gasteiger partial charge in [0.2, 0.25) is 5.91 Å². The van der Waals surface area contributed by atoms with Gasteiger partial charge in [-0.05, 0) is 37.1 Å². The van der Waals surface area contributed by atoms with E-state index in [4.69, 9.17) is 10.5 Å². The number of nitrogens with one attached hydrogen (secondary N) is 1. The predicted molar refractivity (Wildman–Crippen MR) is 68.0 cm³/mol. The van der Waals surface area contributed by atoms with Crippen LogP contribution < -0.4 is 15.8 Å². The molecule has 0 saturated carbocycles. The van der Waals surface area contributed by atoms with Crippen molar-refractivity contribution in [1.82, 2.24) is 5.32 Å². The summed E-state index contributed by atoms with van der Waals surface area (Å²) in [5, 5.41) is 2.52. The van der Waals surface area contributed by atoms with Gasteiger partial charge in [-0.15, -0.1) is 0 Å². The molecule has 100 valence electrons. The molecule has 0 aromatic heterocycles. The normalized spacial score (nSPS) is 10.2. The van der Waals surface area contributed by atoms with E-state index in [0.717, 1.165) is 5.56 Å². The molecule has 0 aliphatic rings. The average molecular weight is 254 g/mol. The first-order chi connectivity index (χ1) is 8.67. The van der Waals surface area contributed by atoms with Gasteiger partial charge in [-0.2, -0.15) is 0 Å². The zero-order valence-corrected chi connectivity index (χ0v) is 10.5. The Hall–Kier alpha value is -1.62. The SMILES string of the molecule is CNC(=O)CCCOc1ccc(CCN)cc1F. The molecule has 0 unspecified atom stereocenters. The number of carbonyl (C=O) groups is 1. The van der Waals surface area contributed by atoms with Gasteiger partial charge in [0.25, 0.3) is 0 Å². The van der Waals surface area contributed by atoms with Crippen molar-refractivity contribution in [1.29, 1.82) is 0 Å². The quantitative estimate of drug-likeness (QED) is 0.719. The van der Waals surface area contributed by atoms with Crippen molar-refractivity contribution in [2.75, 3.05) is 20.2 Å². The van der Waals surface area contributed by atoms with Crippen LogP contribution in [0.1, 0.15) is 18.4 Å². The van der Waals surface area contributed by atoms with Crippen LogP contribution in [0.2, 0.25) is 0 Å². The molecule has 1 aromatic rings. The monoisotopic (exact) mass is 254 g/mol. The first-order valence-electron chi connectivity index (χ1n) is 5.99. The predicted octanol–water partition coefficient (Wildman–Crippen LogP) is 1.23. The number of hydrogen-bond acceptors (Lipinski definition) is 3. The Kier molecular flexibility index (Phi) is 6.14. The summed E-state index contributed by atoms with van der Waals surface area (Å²) >= 11 is 0. The molecule has 1 amide bonds. The third-order valence-electron chi connectivity index (χ3n) is 2.51. The Morgan fingerprint density at radius 3 is 2.89 bits per heavy atom. The highest BCUT2D eigenvalue weighted by atomic mass is 19.1. The van der Waals surface area contributed by atoms with Crippen LogP contribution in [0.5, 0.6) is 5.75 Å². The molecule has 0 spiro atoms. The van der Waals surface area contributed by atoms with E-state index in [-0.39, 0.29) is 17.5 Å². The van der Waals surface area contributed by atoms with E-state index >= 15 is 0 Å². The first kappa shape index (κ1) is 14.4. The molecule has 4 nitrogen and oxygen atoms in total. The topological polar surface area (TPSA) is 64.3 Å². The Bertz CT molecular complexity index is 397. The summed E-state index contributed by atoms with van der Waals surface area (Å²) in [4.78, 5) is 11.0. The standard InChI is InChI=1S/C13H19FN2O2/c1-16-13(17)3-2-8-18-12-5-4-10(6-7-15)9-11(12)14/h4-5,9H,2-3,6-8,15H2,1H3,(H,16,17). The molecule has 0 aliphatic heterocycles. The van der Waals surface area contributed by atoms with E-state index < -0.39 is 0 Å². The summed E-state index contributed by atoms with van der Waals surface area (Å²) in [5.74, 6) is -0.217. The third kappa shape index (κ3) is 4.71. The summed E-state index contributed by atoms with van der Waals surface area (Å²) in [6.07, 6.45) is 1.58. The second-order valence-corrected chi connectivity index (χ2v) is 3.93. The molecule has 0 radical (unpaired) electrons. The Labute approximate surface area is 106 Å². The highest BCUT2D eigenvalue weighted by molar-refractivity contribution is 5.75. The number of benzene rings is 1. The van der Waals surface area contributed by atoms with Gasteiger partial charge in [-0.1, -0.05) is 6.07 Å². The summed E-state index contributed by atoms with van der Waals surface area (Å²) in [6, 6.07) is 4.82. The van der Waals surface area contributed by atoms with Crippen molar-refractivity contribution < 1.29 is 13.9 Å². The Morgan fingerprint density at radius 2 is 2.28 bits per heavy atom. The number of rotatable bonds is 7. The van der Waals surface area contributed by atoms with Gasteiger partial charge in [0.1, 0.15) is 0 Å². The van der Waals surface area contributed by atoms with E-state index in [2.05, 4.69) is 5.32 Å². The first-order valence-corrected chi connectivity index (χ1v) is 5.99. The molecular formula is C13H19FN2O2. The summed E-state index contributed by atoms with van der Waals surface area (Å²) in [6.45, 7) is 0.812. The van der Waals surface area contributed by atoms with Gasteiger partial charge < -0.3 is 15.8 Å². The lowest BCUT2D eigenvalue weighted by atomic mass is 10.1. The third-order valence-corrected chi connectivity index (χ3v) is 2.51. The van der Waals surface area contributed by atoms with Crippen molar-refractivity contribution in [3.63, 3.8) is 0 Å². The lowest BCUT2D eigenvalue weighted by Crippen LogP contribution is -2.18. The largest absolute Gasteiger partial charge is 0.491 e. The molecule has 3 N–H and O–H groups in total. The van der Waals surface area contributed by atoms with Crippen molar-refractivity contribution in [3.05, 3.63) is 29.6 Å². The van der Waals surface area contributed by atoms with Crippen LogP contribution in [0.4, 0.5) is 4.39 Å². The second kappa shape index (κ2) is 7.66. The van der Waals surface area contributed by atoms with Gasteiger partial charge in [0.05, 0.1) is 6.61 Å². The number of amides is 1. The molecule has 1 aromatic carbocycles. The van der Waals surface area contributed by atoms with Crippen molar-refractivity contribution in [2.24, 2.45) is 5.73 Å². The molecule has 0 fully saturated rings. The molecular weight excluding hydrogens is 235 g/mol. The van der Waals surface area contributed by atoms with Gasteiger partial charge >= 0.3 is 0 Å². The van der Waals surface area contributed by atoms with Crippen LogP contribution in [0.3, 0.4) is 0 Å². The molecule has 1 rings (SSSR count). The maximum atomic E-state index is 13.6. The van der Waals surface area contributed by atoms with Crippen LogP contribution in [0, 0.1) is 5.82 Å². The lowest BCUT2D eigenvalue weighted by molar-refractivity contribution is -0.120. The van der Waals surface area contributed by atoms with Crippen molar-refractivity contribution >= 4 is 5.91 Å². The van der Waals surface area contributed by atoms with Crippen molar-refractivity contribution in [3.8, 4) is 5.75 Å². The maximum absolute atomic E-state index is 13.6. The summed E-state index contributed by atoms with van der Waals surface area (Å²) in [5.41, 5.74) is 6.25. The van der Waals surface area contributed by atoms with E-state index in [9.17, 15) is 9.18 Å². The van der Waals surface area contributed by atoms with Crippen LogP contribution in [0.15, 0.2) is 18.2 Å². The number of ether oxygens (including phenoxy) is 1. The van der Waals surface area contributed by atoms with Gasteiger partial charge in [0, 0.05) is 13.5 Å². The van der Waals surface area contributed by atoms with Crippen LogP contribution in [0.25, 0.3) is 0 Å². The van der Waals surface area contributed by atoms with Gasteiger partial charge in [0.15, 0.2) is 11.6 Å². The zero-order valence-electron chi connectivity index (χ0n) is 10.5. The summed E-state index contributed by atoms with van der Waals surface area (Å²) < 4.78 is 18.9. The second-order valence-electron chi connectivity index (χ2n) is 3.93. The van der Waals surface area contributed by atoms with Crippen LogP contribution >= 0.6 is 0 Å². The zero-order chi connectivity index (χ0) is 13.4. The van der Waals surface area contributed by atoms with Crippen LogP contribution in [-0.4, -0.2) is 26.1 Å². The smallest absolute Gasteiger partial charge is 0.219 e. The molecule has 0 bridgehead atoms. The van der Waals surface area contributed by atoms with Gasteiger partial charge in [-0.25, -0.2) is 4.39 Å². The number of nitrogens with two attached hydrogens (primary N) is 1. The average Bonchev–Trinajstić information content (AvgIpc) is 2.36. The fraction of sp³-hybridized carbons (Fsp3) is 0.462. The highest BCUT2D eigenvalue weighted by Gasteiger charge is 2.05. The van der Waals surface area contributed by atoms with E-state index in [1.54, 1.807) is 19.2 Å².